The number of ether oxygens (including phenoxy) is 2. The molecule has 4 nitrogen and oxygen atoms in total. The molecule has 0 fully saturated rings. The molecule has 0 aromatic heterocycles. The molecule has 1 N–H and O–H groups in total. The molecule has 0 heterocycles. The van der Waals surface area contributed by atoms with Crippen LogP contribution < -0.4 is 4.74 Å². The van der Waals surface area contributed by atoms with Crippen LogP contribution in [-0.2, 0) is 4.74 Å². The van der Waals surface area contributed by atoms with Gasteiger partial charge in [-0.15, -0.1) is 13.2 Å². The summed E-state index contributed by atoms with van der Waals surface area (Å²) in [7, 11) is 0. The van der Waals surface area contributed by atoms with E-state index < -0.39 is 25.4 Å². The van der Waals surface area contributed by atoms with Crippen molar-refractivity contribution in [2.75, 3.05) is 13.2 Å². The number of rotatable bonds is 5. The van der Waals surface area contributed by atoms with Gasteiger partial charge in [0.1, 0.15) is 18.2 Å². The molecule has 0 aliphatic heterocycles. The number of nitrogens with zero attached hydrogens (tertiary/aromatic N) is 1. The molecule has 0 saturated heterocycles. The molecule has 0 aliphatic rings. The Morgan fingerprint density at radius 2 is 2.00 bits per heavy atom. The maximum absolute atomic E-state index is 13.0. The van der Waals surface area contributed by atoms with Crippen LogP contribution in [0.3, 0.4) is 0 Å². The van der Waals surface area contributed by atoms with Crippen molar-refractivity contribution in [2.45, 2.75) is 13.3 Å². The molecule has 0 unspecified atom stereocenters. The van der Waals surface area contributed by atoms with E-state index in [-0.39, 0.29) is 17.0 Å². The Morgan fingerprint density at radius 1 is 1.32 bits per heavy atom. The zero-order chi connectivity index (χ0) is 14.5. The van der Waals surface area contributed by atoms with Gasteiger partial charge in [-0.2, -0.15) is 0 Å². The second-order valence-corrected chi connectivity index (χ2v) is 3.47. The highest BCUT2D eigenvalue weighted by Crippen LogP contribution is 2.21. The molecule has 0 bridgehead atoms. The van der Waals surface area contributed by atoms with Crippen molar-refractivity contribution in [3.05, 3.63) is 29.6 Å². The Morgan fingerprint density at radius 3 is 2.58 bits per heavy atom. The van der Waals surface area contributed by atoms with E-state index in [0.29, 0.717) is 0 Å². The minimum absolute atomic E-state index is 0.0268. The van der Waals surface area contributed by atoms with Crippen LogP contribution in [0.15, 0.2) is 23.4 Å². The third-order valence-corrected chi connectivity index (χ3v) is 2.09. The molecule has 106 valence electrons. The minimum atomic E-state index is -4.74. The molecule has 8 heteroatoms. The van der Waals surface area contributed by atoms with E-state index in [9.17, 15) is 17.6 Å². The molecular weight excluding hydrogens is 270 g/mol. The lowest BCUT2D eigenvalue weighted by Crippen LogP contribution is -2.18. The van der Waals surface area contributed by atoms with Gasteiger partial charge in [0.15, 0.2) is 0 Å². The SMILES string of the molecule is CC(=NO)c1ccc(F)cc1OCCOC(F)(F)F. The second-order valence-electron chi connectivity index (χ2n) is 3.47. The lowest BCUT2D eigenvalue weighted by molar-refractivity contribution is -0.325. The normalized spacial score (nSPS) is 12.6. The van der Waals surface area contributed by atoms with Crippen LogP contribution in [0.25, 0.3) is 0 Å². The summed E-state index contributed by atoms with van der Waals surface area (Å²) in [6.07, 6.45) is -4.74. The van der Waals surface area contributed by atoms with Gasteiger partial charge >= 0.3 is 6.36 Å². The predicted octanol–water partition coefficient (Wildman–Crippen LogP) is 2.94. The molecular formula is C11H11F4NO3. The van der Waals surface area contributed by atoms with Gasteiger partial charge in [0, 0.05) is 11.6 Å². The van der Waals surface area contributed by atoms with Gasteiger partial charge in [-0.25, -0.2) is 4.39 Å². The fraction of sp³-hybridized carbons (Fsp3) is 0.364. The number of halogens is 4. The zero-order valence-corrected chi connectivity index (χ0v) is 9.87. The molecule has 1 rings (SSSR count). The summed E-state index contributed by atoms with van der Waals surface area (Å²) in [4.78, 5) is 0. The van der Waals surface area contributed by atoms with Gasteiger partial charge in [0.2, 0.25) is 0 Å². The smallest absolute Gasteiger partial charge is 0.490 e. The highest BCUT2D eigenvalue weighted by molar-refractivity contribution is 6.00. The van der Waals surface area contributed by atoms with Crippen molar-refractivity contribution in [1.82, 2.24) is 0 Å². The molecule has 0 radical (unpaired) electrons. The maximum Gasteiger partial charge on any atom is 0.522 e. The van der Waals surface area contributed by atoms with Crippen LogP contribution in [0.4, 0.5) is 17.6 Å². The summed E-state index contributed by atoms with van der Waals surface area (Å²) in [5.74, 6) is -0.651. The molecule has 1 aromatic rings. The average Bonchev–Trinajstić information content (AvgIpc) is 2.33. The van der Waals surface area contributed by atoms with Gasteiger partial charge in [-0.3, -0.25) is 4.74 Å². The van der Waals surface area contributed by atoms with E-state index in [2.05, 4.69) is 9.89 Å². The van der Waals surface area contributed by atoms with Crippen molar-refractivity contribution in [1.29, 1.82) is 0 Å². The van der Waals surface area contributed by atoms with E-state index in [1.807, 2.05) is 0 Å². The molecule has 0 atom stereocenters. The molecule has 19 heavy (non-hydrogen) atoms. The summed E-state index contributed by atoms with van der Waals surface area (Å²) in [5, 5.41) is 11.5. The Balaban J connectivity index is 2.69. The summed E-state index contributed by atoms with van der Waals surface area (Å²) in [5.41, 5.74) is 0.419. The van der Waals surface area contributed by atoms with Crippen LogP contribution in [0, 0.1) is 5.82 Å². The third kappa shape index (κ3) is 5.12. The standard InChI is InChI=1S/C11H11F4NO3/c1-7(16-17)9-3-2-8(12)6-10(9)18-4-5-19-11(13,14)15/h2-3,6,17H,4-5H2,1H3. The van der Waals surface area contributed by atoms with Crippen molar-refractivity contribution in [3.63, 3.8) is 0 Å². The van der Waals surface area contributed by atoms with Crippen LogP contribution in [0.2, 0.25) is 0 Å². The molecule has 1 aromatic carbocycles. The quantitative estimate of drug-likeness (QED) is 0.297. The Kier molecular flexibility index (Phi) is 5.11. The van der Waals surface area contributed by atoms with Gasteiger partial charge in [0.25, 0.3) is 0 Å². The Labute approximate surface area is 106 Å². The first-order valence-electron chi connectivity index (χ1n) is 5.15. The summed E-state index contributed by atoms with van der Waals surface area (Å²) < 4.78 is 56.7. The van der Waals surface area contributed by atoms with Crippen LogP contribution in [-0.4, -0.2) is 30.5 Å². The topological polar surface area (TPSA) is 51.1 Å². The highest BCUT2D eigenvalue weighted by Gasteiger charge is 2.28. The van der Waals surface area contributed by atoms with Crippen molar-refractivity contribution in [2.24, 2.45) is 5.16 Å². The van der Waals surface area contributed by atoms with Crippen molar-refractivity contribution in [3.8, 4) is 5.75 Å². The largest absolute Gasteiger partial charge is 0.522 e. The van der Waals surface area contributed by atoms with E-state index in [1.165, 1.54) is 13.0 Å². The molecule has 0 spiro atoms. The average molecular weight is 281 g/mol. The molecule has 0 saturated carbocycles. The van der Waals surface area contributed by atoms with Gasteiger partial charge in [-0.05, 0) is 19.1 Å². The highest BCUT2D eigenvalue weighted by atomic mass is 19.4. The zero-order valence-electron chi connectivity index (χ0n) is 9.87. The van der Waals surface area contributed by atoms with Crippen LogP contribution >= 0.6 is 0 Å². The minimum Gasteiger partial charge on any atom is -0.490 e. The fourth-order valence-corrected chi connectivity index (χ4v) is 1.28. The number of alkyl halides is 3. The molecule has 0 aliphatic carbocycles. The van der Waals surface area contributed by atoms with Crippen LogP contribution in [0.1, 0.15) is 12.5 Å². The summed E-state index contributed by atoms with van der Waals surface area (Å²) >= 11 is 0. The Hall–Kier alpha value is -1.83. The van der Waals surface area contributed by atoms with E-state index in [1.54, 1.807) is 0 Å². The number of benzene rings is 1. The Bertz CT molecular complexity index is 460. The monoisotopic (exact) mass is 281 g/mol. The van der Waals surface area contributed by atoms with E-state index >= 15 is 0 Å². The first kappa shape index (κ1) is 15.2. The fourth-order valence-electron chi connectivity index (χ4n) is 1.28. The summed E-state index contributed by atoms with van der Waals surface area (Å²) in [6, 6.07) is 3.39. The number of oxime groups is 1. The number of hydrogen-bond donors (Lipinski definition) is 1. The van der Waals surface area contributed by atoms with E-state index in [0.717, 1.165) is 12.1 Å². The van der Waals surface area contributed by atoms with Crippen molar-refractivity contribution >= 4 is 5.71 Å². The summed E-state index contributed by atoms with van der Waals surface area (Å²) in [6.45, 7) is 0.287. The predicted molar refractivity (Wildman–Crippen MR) is 57.9 cm³/mol. The van der Waals surface area contributed by atoms with Gasteiger partial charge in [-0.1, -0.05) is 5.16 Å². The van der Waals surface area contributed by atoms with Gasteiger partial charge in [0.05, 0.1) is 12.3 Å². The maximum atomic E-state index is 13.0. The lowest BCUT2D eigenvalue weighted by Gasteiger charge is -2.12. The van der Waals surface area contributed by atoms with Gasteiger partial charge < -0.3 is 9.94 Å². The van der Waals surface area contributed by atoms with E-state index in [4.69, 9.17) is 9.94 Å². The number of hydrogen-bond acceptors (Lipinski definition) is 4. The van der Waals surface area contributed by atoms with Crippen LogP contribution in [0.5, 0.6) is 5.75 Å². The lowest BCUT2D eigenvalue weighted by atomic mass is 10.1. The first-order chi connectivity index (χ1) is 8.83. The third-order valence-electron chi connectivity index (χ3n) is 2.09. The van der Waals surface area contributed by atoms with Crippen molar-refractivity contribution < 1.29 is 32.2 Å². The first-order valence-corrected chi connectivity index (χ1v) is 5.15. The molecule has 0 amide bonds. The second kappa shape index (κ2) is 6.37.